The van der Waals surface area contributed by atoms with E-state index in [9.17, 15) is 0 Å². The lowest BCUT2D eigenvalue weighted by Gasteiger charge is -2.11. The van der Waals surface area contributed by atoms with Crippen molar-refractivity contribution in [3.05, 3.63) is 79.7 Å². The van der Waals surface area contributed by atoms with Gasteiger partial charge in [0.05, 0.1) is 5.69 Å². The van der Waals surface area contributed by atoms with E-state index in [-0.39, 0.29) is 0 Å². The van der Waals surface area contributed by atoms with Crippen LogP contribution in [0.15, 0.2) is 47.5 Å². The van der Waals surface area contributed by atoms with E-state index in [1.165, 1.54) is 37.3 Å². The summed E-state index contributed by atoms with van der Waals surface area (Å²) < 4.78 is 3.59. The van der Waals surface area contributed by atoms with E-state index in [1.807, 2.05) is 6.21 Å². The van der Waals surface area contributed by atoms with E-state index < -0.39 is 0 Å². The standard InChI is InChI=1S/C22H23IN2/c1-14-6-7-20(10-15(14)2)24-13-19-12-17(4)25(18(19)5)21-8-9-22(23)16(3)11-21/h6-13H,1-5H3. The van der Waals surface area contributed by atoms with Crippen molar-refractivity contribution in [1.82, 2.24) is 4.57 Å². The summed E-state index contributed by atoms with van der Waals surface area (Å²) in [7, 11) is 0. The average Bonchev–Trinajstić information content (AvgIpc) is 2.85. The summed E-state index contributed by atoms with van der Waals surface area (Å²) in [6, 6.07) is 15.1. The van der Waals surface area contributed by atoms with Crippen LogP contribution < -0.4 is 0 Å². The molecular weight excluding hydrogens is 419 g/mol. The number of aryl methyl sites for hydroxylation is 4. The number of aliphatic imine (C=N–C) groups is 1. The maximum Gasteiger partial charge on any atom is 0.0632 e. The second-order valence-electron chi connectivity index (χ2n) is 6.62. The topological polar surface area (TPSA) is 17.3 Å². The first kappa shape index (κ1) is 17.9. The van der Waals surface area contributed by atoms with Gasteiger partial charge < -0.3 is 4.57 Å². The Kier molecular flexibility index (Phi) is 5.13. The van der Waals surface area contributed by atoms with Gasteiger partial charge in [-0.3, -0.25) is 4.99 Å². The van der Waals surface area contributed by atoms with Crippen molar-refractivity contribution < 1.29 is 0 Å². The molecule has 0 aliphatic carbocycles. The lowest BCUT2D eigenvalue weighted by molar-refractivity contribution is 0.962. The fourth-order valence-electron chi connectivity index (χ4n) is 3.03. The molecule has 0 spiro atoms. The first-order valence-corrected chi connectivity index (χ1v) is 9.51. The minimum atomic E-state index is 0.998. The Hall–Kier alpha value is -1.88. The average molecular weight is 442 g/mol. The molecule has 128 valence electrons. The molecule has 0 saturated carbocycles. The third-order valence-electron chi connectivity index (χ3n) is 4.71. The molecule has 0 fully saturated rings. The summed E-state index contributed by atoms with van der Waals surface area (Å²) in [4.78, 5) is 4.68. The number of benzene rings is 2. The molecule has 0 saturated heterocycles. The largest absolute Gasteiger partial charge is 0.318 e. The predicted molar refractivity (Wildman–Crippen MR) is 116 cm³/mol. The van der Waals surface area contributed by atoms with E-state index in [0.29, 0.717) is 0 Å². The van der Waals surface area contributed by atoms with Crippen molar-refractivity contribution in [1.29, 1.82) is 0 Å². The molecule has 0 unspecified atom stereocenters. The van der Waals surface area contributed by atoms with Crippen LogP contribution in [0.4, 0.5) is 5.69 Å². The molecule has 1 aromatic heterocycles. The highest BCUT2D eigenvalue weighted by Gasteiger charge is 2.10. The van der Waals surface area contributed by atoms with Crippen LogP contribution in [-0.2, 0) is 0 Å². The van der Waals surface area contributed by atoms with Crippen LogP contribution in [0.5, 0.6) is 0 Å². The number of hydrogen-bond donors (Lipinski definition) is 0. The summed E-state index contributed by atoms with van der Waals surface area (Å²) in [5.41, 5.74) is 9.67. The Labute approximate surface area is 163 Å². The zero-order chi connectivity index (χ0) is 18.1. The highest BCUT2D eigenvalue weighted by molar-refractivity contribution is 14.1. The van der Waals surface area contributed by atoms with Gasteiger partial charge in [0.25, 0.3) is 0 Å². The summed E-state index contributed by atoms with van der Waals surface area (Å²) in [5, 5.41) is 0. The highest BCUT2D eigenvalue weighted by atomic mass is 127. The molecule has 0 aliphatic heterocycles. The molecule has 3 aromatic rings. The zero-order valence-corrected chi connectivity index (χ0v) is 17.5. The summed E-state index contributed by atoms with van der Waals surface area (Å²) in [6.45, 7) is 10.7. The first-order valence-electron chi connectivity index (χ1n) is 8.43. The van der Waals surface area contributed by atoms with Crippen LogP contribution >= 0.6 is 22.6 Å². The number of nitrogens with zero attached hydrogens (tertiary/aromatic N) is 2. The Balaban J connectivity index is 1.97. The monoisotopic (exact) mass is 442 g/mol. The van der Waals surface area contributed by atoms with Gasteiger partial charge >= 0.3 is 0 Å². The number of hydrogen-bond acceptors (Lipinski definition) is 1. The minimum absolute atomic E-state index is 0.998. The third kappa shape index (κ3) is 3.71. The molecule has 25 heavy (non-hydrogen) atoms. The molecule has 2 aromatic carbocycles. The molecule has 0 N–H and O–H groups in total. The first-order chi connectivity index (χ1) is 11.9. The molecule has 0 amide bonds. The Bertz CT molecular complexity index is 964. The van der Waals surface area contributed by atoms with Gasteiger partial charge in [-0.2, -0.15) is 0 Å². The normalized spacial score (nSPS) is 11.4. The smallest absolute Gasteiger partial charge is 0.0632 e. The van der Waals surface area contributed by atoms with E-state index in [1.54, 1.807) is 0 Å². The Morgan fingerprint density at radius 2 is 1.60 bits per heavy atom. The van der Waals surface area contributed by atoms with Crippen LogP contribution in [0.1, 0.15) is 33.6 Å². The molecule has 0 aliphatic rings. The summed E-state index contributed by atoms with van der Waals surface area (Å²) in [6.07, 6.45) is 1.97. The van der Waals surface area contributed by atoms with E-state index in [2.05, 4.69) is 109 Å². The van der Waals surface area contributed by atoms with Crippen LogP contribution in [0.25, 0.3) is 5.69 Å². The van der Waals surface area contributed by atoms with Crippen LogP contribution in [0, 0.1) is 38.2 Å². The Morgan fingerprint density at radius 1 is 0.840 bits per heavy atom. The zero-order valence-electron chi connectivity index (χ0n) is 15.4. The number of aromatic nitrogens is 1. The number of rotatable bonds is 3. The predicted octanol–water partition coefficient (Wildman–Crippen LogP) is 6.37. The Morgan fingerprint density at radius 3 is 2.28 bits per heavy atom. The van der Waals surface area contributed by atoms with E-state index in [0.717, 1.165) is 11.3 Å². The van der Waals surface area contributed by atoms with Gasteiger partial charge in [0, 0.05) is 32.4 Å². The van der Waals surface area contributed by atoms with Gasteiger partial charge in [0.1, 0.15) is 0 Å². The second kappa shape index (κ2) is 7.16. The van der Waals surface area contributed by atoms with Crippen LogP contribution in [-0.4, -0.2) is 10.8 Å². The van der Waals surface area contributed by atoms with Crippen molar-refractivity contribution >= 4 is 34.5 Å². The van der Waals surface area contributed by atoms with Gasteiger partial charge in [0.2, 0.25) is 0 Å². The van der Waals surface area contributed by atoms with E-state index >= 15 is 0 Å². The van der Waals surface area contributed by atoms with Gasteiger partial charge in [-0.1, -0.05) is 6.07 Å². The third-order valence-corrected chi connectivity index (χ3v) is 5.92. The molecule has 1 heterocycles. The molecule has 3 rings (SSSR count). The van der Waals surface area contributed by atoms with Gasteiger partial charge in [-0.15, -0.1) is 0 Å². The maximum atomic E-state index is 4.68. The molecule has 0 atom stereocenters. The summed E-state index contributed by atoms with van der Waals surface area (Å²) >= 11 is 2.38. The van der Waals surface area contributed by atoms with Crippen molar-refractivity contribution in [2.75, 3.05) is 0 Å². The van der Waals surface area contributed by atoms with Gasteiger partial charge in [-0.25, -0.2) is 0 Å². The molecule has 3 heteroatoms. The van der Waals surface area contributed by atoms with Crippen molar-refractivity contribution in [2.24, 2.45) is 4.99 Å². The van der Waals surface area contributed by atoms with Gasteiger partial charge in [0.15, 0.2) is 0 Å². The second-order valence-corrected chi connectivity index (χ2v) is 7.78. The fourth-order valence-corrected chi connectivity index (χ4v) is 3.37. The number of halogens is 1. The lowest BCUT2D eigenvalue weighted by Crippen LogP contribution is -2.00. The van der Waals surface area contributed by atoms with Crippen molar-refractivity contribution in [3.63, 3.8) is 0 Å². The quantitative estimate of drug-likeness (QED) is 0.331. The molecule has 2 nitrogen and oxygen atoms in total. The molecular formula is C22H23IN2. The van der Waals surface area contributed by atoms with Gasteiger partial charge in [-0.05, 0) is 110 Å². The summed E-state index contributed by atoms with van der Waals surface area (Å²) in [5.74, 6) is 0. The lowest BCUT2D eigenvalue weighted by atomic mass is 10.1. The maximum absolute atomic E-state index is 4.68. The van der Waals surface area contributed by atoms with E-state index in [4.69, 9.17) is 0 Å². The molecule has 0 radical (unpaired) electrons. The van der Waals surface area contributed by atoms with Crippen LogP contribution in [0.2, 0.25) is 0 Å². The molecule has 0 bridgehead atoms. The van der Waals surface area contributed by atoms with Crippen molar-refractivity contribution in [2.45, 2.75) is 34.6 Å². The SMILES string of the molecule is Cc1ccc(N=Cc2cc(C)n(-c3ccc(I)c(C)c3)c2C)cc1C. The minimum Gasteiger partial charge on any atom is -0.318 e. The van der Waals surface area contributed by atoms with Crippen LogP contribution in [0.3, 0.4) is 0 Å². The fraction of sp³-hybridized carbons (Fsp3) is 0.227. The van der Waals surface area contributed by atoms with Crippen molar-refractivity contribution in [3.8, 4) is 5.69 Å². The highest BCUT2D eigenvalue weighted by Crippen LogP contribution is 2.23.